The second-order valence-electron chi connectivity index (χ2n) is 4.67. The average molecular weight is 228 g/mol. The topological polar surface area (TPSA) is 79.2 Å². The maximum atomic E-state index is 10.8. The Morgan fingerprint density at radius 1 is 1.50 bits per heavy atom. The molecule has 2 saturated heterocycles. The van der Waals surface area contributed by atoms with Crippen LogP contribution in [0.3, 0.4) is 0 Å². The van der Waals surface area contributed by atoms with Gasteiger partial charge in [0, 0.05) is 26.2 Å². The van der Waals surface area contributed by atoms with E-state index in [1.165, 1.54) is 0 Å². The van der Waals surface area contributed by atoms with Crippen LogP contribution in [0.1, 0.15) is 25.7 Å². The number of carboxylic acids is 1. The molecule has 1 spiro atoms. The minimum atomic E-state index is -0.806. The Balaban J connectivity index is 2.06. The van der Waals surface area contributed by atoms with Crippen LogP contribution in [0.25, 0.3) is 0 Å². The Kier molecular flexibility index (Phi) is 3.09. The van der Waals surface area contributed by atoms with Crippen molar-refractivity contribution in [3.63, 3.8) is 0 Å². The Hall–Kier alpha value is -1.17. The van der Waals surface area contributed by atoms with Gasteiger partial charge in [-0.1, -0.05) is 0 Å². The molecule has 0 aliphatic carbocycles. The number of carboxylic acid groups (broad SMARTS) is 1. The number of hydrogen-bond donors (Lipinski definition) is 1. The van der Waals surface area contributed by atoms with Crippen molar-refractivity contribution in [1.82, 2.24) is 5.01 Å². The Morgan fingerprint density at radius 2 is 2.19 bits per heavy atom. The predicted octanol–water partition coefficient (Wildman–Crippen LogP) is 1.01. The van der Waals surface area contributed by atoms with Crippen molar-refractivity contribution in [2.24, 2.45) is 11.2 Å². The van der Waals surface area contributed by atoms with Crippen LogP contribution in [0.5, 0.6) is 0 Å². The Bertz CT molecular complexity index is 289. The number of ether oxygens (including phenoxy) is 1. The smallest absolute Gasteiger partial charge is 0.303 e. The molecule has 0 amide bonds. The molecule has 2 aliphatic rings. The Labute approximate surface area is 93.5 Å². The van der Waals surface area contributed by atoms with Gasteiger partial charge in [-0.05, 0) is 25.2 Å². The number of aliphatic carboxylic acids is 1. The molecule has 2 rings (SSSR count). The molecule has 2 aliphatic heterocycles. The average Bonchev–Trinajstić information content (AvgIpc) is 2.56. The van der Waals surface area contributed by atoms with Crippen molar-refractivity contribution in [2.75, 3.05) is 19.8 Å². The summed E-state index contributed by atoms with van der Waals surface area (Å²) in [7, 11) is 0. The van der Waals surface area contributed by atoms with Gasteiger partial charge in [-0.25, -0.2) is 0 Å². The minimum absolute atomic E-state index is 0.0355. The summed E-state index contributed by atoms with van der Waals surface area (Å²) in [6.07, 6.45) is 2.41. The molecular weight excluding hydrogens is 212 g/mol. The van der Waals surface area contributed by atoms with Crippen LogP contribution in [0.4, 0.5) is 0 Å². The zero-order chi connectivity index (χ0) is 11.6. The molecule has 2 heterocycles. The highest BCUT2D eigenvalue weighted by Gasteiger charge is 2.47. The molecule has 2 fully saturated rings. The number of carbonyl (C=O) groups is 1. The van der Waals surface area contributed by atoms with E-state index in [9.17, 15) is 9.70 Å². The summed E-state index contributed by atoms with van der Waals surface area (Å²) in [6.45, 7) is 1.73. The van der Waals surface area contributed by atoms with Gasteiger partial charge in [0.15, 0.2) is 0 Å². The van der Waals surface area contributed by atoms with E-state index in [1.54, 1.807) is 5.01 Å². The van der Waals surface area contributed by atoms with Crippen molar-refractivity contribution in [3.8, 4) is 0 Å². The number of nitroso groups, excluding NO2 is 1. The first-order chi connectivity index (χ1) is 7.66. The third-order valence-corrected chi connectivity index (χ3v) is 3.63. The van der Waals surface area contributed by atoms with Crippen LogP contribution < -0.4 is 0 Å². The third-order valence-electron chi connectivity index (χ3n) is 3.63. The van der Waals surface area contributed by atoms with E-state index in [1.807, 2.05) is 0 Å². The summed E-state index contributed by atoms with van der Waals surface area (Å²) < 4.78 is 5.28. The van der Waals surface area contributed by atoms with Crippen molar-refractivity contribution >= 4 is 5.97 Å². The molecule has 0 aromatic heterocycles. The molecular formula is C10H16N2O4. The monoisotopic (exact) mass is 228 g/mol. The van der Waals surface area contributed by atoms with Gasteiger partial charge in [-0.2, -0.15) is 0 Å². The van der Waals surface area contributed by atoms with Gasteiger partial charge in [-0.3, -0.25) is 9.80 Å². The largest absolute Gasteiger partial charge is 0.481 e. The lowest BCUT2D eigenvalue weighted by Gasteiger charge is -2.37. The van der Waals surface area contributed by atoms with E-state index in [0.717, 1.165) is 19.3 Å². The molecule has 1 atom stereocenters. The van der Waals surface area contributed by atoms with Gasteiger partial charge < -0.3 is 9.84 Å². The minimum Gasteiger partial charge on any atom is -0.481 e. The van der Waals surface area contributed by atoms with E-state index in [-0.39, 0.29) is 17.9 Å². The molecule has 6 heteroatoms. The van der Waals surface area contributed by atoms with Gasteiger partial charge in [0.2, 0.25) is 0 Å². The van der Waals surface area contributed by atoms with Gasteiger partial charge in [0.05, 0.1) is 10.8 Å². The number of hydrogen-bond acceptors (Lipinski definition) is 4. The predicted molar refractivity (Wildman–Crippen MR) is 55.6 cm³/mol. The molecule has 6 nitrogen and oxygen atoms in total. The fourth-order valence-corrected chi connectivity index (χ4v) is 2.86. The molecule has 1 unspecified atom stereocenters. The van der Waals surface area contributed by atoms with Crippen molar-refractivity contribution in [3.05, 3.63) is 4.91 Å². The highest BCUT2D eigenvalue weighted by molar-refractivity contribution is 5.67. The first-order valence-corrected chi connectivity index (χ1v) is 5.57. The number of nitrogens with zero attached hydrogens (tertiary/aromatic N) is 2. The maximum absolute atomic E-state index is 10.8. The van der Waals surface area contributed by atoms with Crippen LogP contribution in [0.15, 0.2) is 5.29 Å². The van der Waals surface area contributed by atoms with E-state index < -0.39 is 5.97 Å². The van der Waals surface area contributed by atoms with Gasteiger partial charge >= 0.3 is 5.97 Å². The van der Waals surface area contributed by atoms with Crippen LogP contribution >= 0.6 is 0 Å². The van der Waals surface area contributed by atoms with Crippen molar-refractivity contribution < 1.29 is 14.6 Å². The van der Waals surface area contributed by atoms with Gasteiger partial charge in [0.25, 0.3) is 0 Å². The third kappa shape index (κ3) is 2.02. The van der Waals surface area contributed by atoms with Gasteiger partial charge in [0.1, 0.15) is 0 Å². The lowest BCUT2D eigenvalue weighted by atomic mass is 9.84. The second kappa shape index (κ2) is 4.37. The first-order valence-electron chi connectivity index (χ1n) is 5.57. The van der Waals surface area contributed by atoms with E-state index in [4.69, 9.17) is 9.84 Å². The fraction of sp³-hybridized carbons (Fsp3) is 0.900. The summed E-state index contributed by atoms with van der Waals surface area (Å²) in [5.41, 5.74) is -0.236. The quantitative estimate of drug-likeness (QED) is 0.729. The Morgan fingerprint density at radius 3 is 2.75 bits per heavy atom. The number of rotatable bonds is 3. The van der Waals surface area contributed by atoms with Crippen LogP contribution in [0.2, 0.25) is 0 Å². The zero-order valence-corrected chi connectivity index (χ0v) is 9.09. The maximum Gasteiger partial charge on any atom is 0.303 e. The van der Waals surface area contributed by atoms with Crippen LogP contribution in [-0.4, -0.2) is 41.4 Å². The molecule has 0 aromatic rings. The molecule has 0 bridgehead atoms. The summed E-state index contributed by atoms with van der Waals surface area (Å²) >= 11 is 0. The molecule has 0 radical (unpaired) electrons. The van der Waals surface area contributed by atoms with Crippen LogP contribution in [0, 0.1) is 10.8 Å². The highest BCUT2D eigenvalue weighted by Crippen LogP contribution is 2.41. The lowest BCUT2D eigenvalue weighted by Crippen LogP contribution is -2.44. The van der Waals surface area contributed by atoms with Crippen LogP contribution in [-0.2, 0) is 9.53 Å². The molecule has 16 heavy (non-hydrogen) atoms. The van der Waals surface area contributed by atoms with Gasteiger partial charge in [-0.15, -0.1) is 4.91 Å². The summed E-state index contributed by atoms with van der Waals surface area (Å²) in [4.78, 5) is 21.5. The molecule has 1 N–H and O–H groups in total. The fourth-order valence-electron chi connectivity index (χ4n) is 2.86. The molecule has 0 saturated carbocycles. The molecule has 90 valence electrons. The second-order valence-corrected chi connectivity index (χ2v) is 4.67. The standard InChI is InChI=1S/C10H16N2O4/c13-9(14)5-8-6-10(12(7-8)11-15)1-3-16-4-2-10/h8H,1-7H2,(H,13,14). The van der Waals surface area contributed by atoms with E-state index in [2.05, 4.69) is 5.29 Å². The van der Waals surface area contributed by atoms with Crippen molar-refractivity contribution in [2.45, 2.75) is 31.2 Å². The lowest BCUT2D eigenvalue weighted by molar-refractivity contribution is -0.138. The SMILES string of the molecule is O=NN1CC(CC(=O)O)CC12CCOCC2. The highest BCUT2D eigenvalue weighted by atomic mass is 16.5. The van der Waals surface area contributed by atoms with E-state index in [0.29, 0.717) is 19.8 Å². The summed E-state index contributed by atoms with van der Waals surface area (Å²) in [6, 6.07) is 0. The molecule has 0 aromatic carbocycles. The van der Waals surface area contributed by atoms with E-state index >= 15 is 0 Å². The summed E-state index contributed by atoms with van der Waals surface area (Å²) in [5.74, 6) is -0.770. The normalized spacial score (nSPS) is 28.2. The summed E-state index contributed by atoms with van der Waals surface area (Å²) in [5, 5.41) is 13.4. The first kappa shape index (κ1) is 11.3. The zero-order valence-electron chi connectivity index (χ0n) is 9.09. The van der Waals surface area contributed by atoms with Crippen molar-refractivity contribution in [1.29, 1.82) is 0 Å².